The monoisotopic (exact) mass is 355 g/mol. The van der Waals surface area contributed by atoms with E-state index in [9.17, 15) is 4.79 Å². The number of fused-ring (bicyclic) bond motifs is 1. The lowest BCUT2D eigenvalue weighted by atomic mass is 10.1. The van der Waals surface area contributed by atoms with Crippen LogP contribution >= 0.6 is 0 Å². The summed E-state index contributed by atoms with van der Waals surface area (Å²) < 4.78 is 21.1. The lowest BCUT2D eigenvalue weighted by molar-refractivity contribution is -0.116. The molecular weight excluding hydrogens is 334 g/mol. The van der Waals surface area contributed by atoms with E-state index in [2.05, 4.69) is 5.32 Å². The Balaban J connectivity index is 1.52. The molecule has 1 aliphatic heterocycles. The van der Waals surface area contributed by atoms with Crippen LogP contribution in [0.15, 0.2) is 42.5 Å². The molecule has 6 nitrogen and oxygen atoms in total. The average molecular weight is 355 g/mol. The summed E-state index contributed by atoms with van der Waals surface area (Å²) >= 11 is 0. The molecule has 0 radical (unpaired) electrons. The molecule has 0 saturated heterocycles. The van der Waals surface area contributed by atoms with Gasteiger partial charge in [0.2, 0.25) is 12.7 Å². The summed E-state index contributed by atoms with van der Waals surface area (Å²) in [6, 6.07) is 11.2. The van der Waals surface area contributed by atoms with Crippen LogP contribution in [0.4, 0.5) is 0 Å². The van der Waals surface area contributed by atoms with Crippen LogP contribution in [0.2, 0.25) is 0 Å². The highest BCUT2D eigenvalue weighted by Crippen LogP contribution is 2.32. The molecule has 0 aromatic heterocycles. The van der Waals surface area contributed by atoms with Gasteiger partial charge in [0.1, 0.15) is 11.5 Å². The van der Waals surface area contributed by atoms with E-state index in [4.69, 9.17) is 18.9 Å². The highest BCUT2D eigenvalue weighted by atomic mass is 16.7. The van der Waals surface area contributed by atoms with Crippen LogP contribution in [0.3, 0.4) is 0 Å². The molecule has 0 unspecified atom stereocenters. The van der Waals surface area contributed by atoms with E-state index < -0.39 is 0 Å². The molecule has 2 aromatic rings. The van der Waals surface area contributed by atoms with Crippen LogP contribution in [0.5, 0.6) is 23.0 Å². The van der Waals surface area contributed by atoms with Crippen molar-refractivity contribution in [1.29, 1.82) is 0 Å². The van der Waals surface area contributed by atoms with Crippen molar-refractivity contribution in [3.05, 3.63) is 53.6 Å². The van der Waals surface area contributed by atoms with Gasteiger partial charge in [0.25, 0.3) is 0 Å². The molecule has 1 N–H and O–H groups in total. The number of carbonyl (C=O) groups excluding carboxylic acids is 1. The summed E-state index contributed by atoms with van der Waals surface area (Å²) in [6.07, 6.45) is 3.93. The first-order valence-corrected chi connectivity index (χ1v) is 8.25. The third kappa shape index (κ3) is 4.47. The van der Waals surface area contributed by atoms with Crippen molar-refractivity contribution >= 4 is 12.0 Å². The maximum atomic E-state index is 12.0. The third-order valence-electron chi connectivity index (χ3n) is 3.95. The van der Waals surface area contributed by atoms with Gasteiger partial charge in [-0.2, -0.15) is 0 Å². The number of methoxy groups -OCH3 is 2. The van der Waals surface area contributed by atoms with Crippen LogP contribution in [-0.4, -0.2) is 33.5 Å². The van der Waals surface area contributed by atoms with Crippen LogP contribution in [0, 0.1) is 0 Å². The molecule has 6 heteroatoms. The molecule has 0 aliphatic carbocycles. The van der Waals surface area contributed by atoms with E-state index in [0.717, 1.165) is 22.6 Å². The Morgan fingerprint density at radius 1 is 1.08 bits per heavy atom. The maximum absolute atomic E-state index is 12.0. The molecule has 136 valence electrons. The minimum absolute atomic E-state index is 0.160. The standard InChI is InChI=1S/C20H21NO5/c1-23-16-9-15(10-17(12-16)24-2)4-6-20(22)21-8-7-14-3-5-18-19(11-14)26-13-25-18/h3-6,9-12H,7-8,13H2,1-2H3,(H,21,22)/b6-4+. The number of ether oxygens (including phenoxy) is 4. The lowest BCUT2D eigenvalue weighted by Crippen LogP contribution is -2.23. The van der Waals surface area contributed by atoms with Gasteiger partial charge >= 0.3 is 0 Å². The molecule has 0 spiro atoms. The SMILES string of the molecule is COc1cc(/C=C/C(=O)NCCc2ccc3c(c2)OCO3)cc(OC)c1. The second-order valence-electron chi connectivity index (χ2n) is 5.71. The van der Waals surface area contributed by atoms with Crippen molar-refractivity contribution in [2.45, 2.75) is 6.42 Å². The van der Waals surface area contributed by atoms with E-state index in [0.29, 0.717) is 24.5 Å². The second-order valence-corrected chi connectivity index (χ2v) is 5.71. The topological polar surface area (TPSA) is 66.0 Å². The first kappa shape index (κ1) is 17.7. The van der Waals surface area contributed by atoms with Crippen molar-refractivity contribution in [1.82, 2.24) is 5.32 Å². The van der Waals surface area contributed by atoms with Crippen LogP contribution < -0.4 is 24.3 Å². The van der Waals surface area contributed by atoms with Gasteiger partial charge in [0.15, 0.2) is 11.5 Å². The Labute approximate surface area is 152 Å². The van der Waals surface area contributed by atoms with Gasteiger partial charge in [0.05, 0.1) is 14.2 Å². The van der Waals surface area contributed by atoms with Gasteiger partial charge in [-0.05, 0) is 47.9 Å². The van der Waals surface area contributed by atoms with Crippen molar-refractivity contribution in [2.24, 2.45) is 0 Å². The van der Waals surface area contributed by atoms with Crippen molar-refractivity contribution < 1.29 is 23.7 Å². The van der Waals surface area contributed by atoms with Gasteiger partial charge in [0, 0.05) is 18.7 Å². The molecule has 0 atom stereocenters. The Kier molecular flexibility index (Phi) is 5.63. The molecular formula is C20H21NO5. The Bertz CT molecular complexity index is 794. The minimum atomic E-state index is -0.160. The summed E-state index contributed by atoms with van der Waals surface area (Å²) in [5.74, 6) is 2.70. The molecule has 1 heterocycles. The average Bonchev–Trinajstić information content (AvgIpc) is 3.14. The number of hydrogen-bond acceptors (Lipinski definition) is 5. The summed E-state index contributed by atoms with van der Waals surface area (Å²) in [5.41, 5.74) is 1.91. The zero-order chi connectivity index (χ0) is 18.4. The van der Waals surface area contributed by atoms with Crippen LogP contribution in [-0.2, 0) is 11.2 Å². The first-order valence-electron chi connectivity index (χ1n) is 8.25. The predicted octanol–water partition coefficient (Wildman–Crippen LogP) is 2.80. The molecule has 26 heavy (non-hydrogen) atoms. The number of hydrogen-bond donors (Lipinski definition) is 1. The zero-order valence-electron chi connectivity index (χ0n) is 14.8. The van der Waals surface area contributed by atoms with E-state index in [1.807, 2.05) is 30.3 Å². The largest absolute Gasteiger partial charge is 0.497 e. The van der Waals surface area contributed by atoms with Crippen LogP contribution in [0.1, 0.15) is 11.1 Å². The van der Waals surface area contributed by atoms with Crippen molar-refractivity contribution in [2.75, 3.05) is 27.6 Å². The van der Waals surface area contributed by atoms with Crippen LogP contribution in [0.25, 0.3) is 6.08 Å². The molecule has 2 aromatic carbocycles. The van der Waals surface area contributed by atoms with Gasteiger partial charge in [-0.1, -0.05) is 6.07 Å². The first-order chi connectivity index (χ1) is 12.7. The Morgan fingerprint density at radius 2 is 1.81 bits per heavy atom. The molecule has 0 fully saturated rings. The summed E-state index contributed by atoms with van der Waals surface area (Å²) in [5, 5.41) is 2.87. The quantitative estimate of drug-likeness (QED) is 0.774. The minimum Gasteiger partial charge on any atom is -0.497 e. The van der Waals surface area contributed by atoms with Crippen molar-refractivity contribution in [3.63, 3.8) is 0 Å². The van der Waals surface area contributed by atoms with Gasteiger partial charge in [-0.15, -0.1) is 0 Å². The highest BCUT2D eigenvalue weighted by Gasteiger charge is 2.12. The third-order valence-corrected chi connectivity index (χ3v) is 3.95. The van der Waals surface area contributed by atoms with Gasteiger partial charge < -0.3 is 24.3 Å². The predicted molar refractivity (Wildman–Crippen MR) is 97.9 cm³/mol. The number of rotatable bonds is 7. The van der Waals surface area contributed by atoms with E-state index in [-0.39, 0.29) is 12.7 Å². The zero-order valence-corrected chi connectivity index (χ0v) is 14.8. The number of carbonyl (C=O) groups is 1. The molecule has 1 amide bonds. The fraction of sp³-hybridized carbons (Fsp3) is 0.250. The van der Waals surface area contributed by atoms with Gasteiger partial charge in [-0.3, -0.25) is 4.79 Å². The van der Waals surface area contributed by atoms with Gasteiger partial charge in [-0.25, -0.2) is 0 Å². The fourth-order valence-corrected chi connectivity index (χ4v) is 2.58. The number of nitrogens with one attached hydrogen (secondary N) is 1. The molecule has 3 rings (SSSR count). The highest BCUT2D eigenvalue weighted by molar-refractivity contribution is 5.91. The molecule has 0 saturated carbocycles. The van der Waals surface area contributed by atoms with Crippen molar-refractivity contribution in [3.8, 4) is 23.0 Å². The Hall–Kier alpha value is -3.15. The number of benzene rings is 2. The normalized spacial score (nSPS) is 12.2. The summed E-state index contributed by atoms with van der Waals surface area (Å²) in [4.78, 5) is 12.0. The summed E-state index contributed by atoms with van der Waals surface area (Å²) in [7, 11) is 3.18. The summed E-state index contributed by atoms with van der Waals surface area (Å²) in [6.45, 7) is 0.791. The van der Waals surface area contributed by atoms with E-state index >= 15 is 0 Å². The molecule has 1 aliphatic rings. The smallest absolute Gasteiger partial charge is 0.244 e. The lowest BCUT2D eigenvalue weighted by Gasteiger charge is -2.06. The second kappa shape index (κ2) is 8.29. The molecule has 0 bridgehead atoms. The van der Waals surface area contributed by atoms with E-state index in [1.54, 1.807) is 26.4 Å². The fourth-order valence-electron chi connectivity index (χ4n) is 2.58. The Morgan fingerprint density at radius 3 is 2.54 bits per heavy atom. The van der Waals surface area contributed by atoms with E-state index in [1.165, 1.54) is 6.08 Å². The maximum Gasteiger partial charge on any atom is 0.244 e. The number of amides is 1.